The van der Waals surface area contributed by atoms with Crippen LogP contribution >= 0.6 is 0 Å². The monoisotopic (exact) mass is 749 g/mol. The number of nitrogens with zero attached hydrogens (tertiary/aromatic N) is 3. The molecule has 0 unspecified atom stereocenters. The summed E-state index contributed by atoms with van der Waals surface area (Å²) in [4.78, 5) is 9.36. The highest BCUT2D eigenvalue weighted by Crippen LogP contribution is 2.48. The van der Waals surface area contributed by atoms with Crippen molar-refractivity contribution < 1.29 is 4.74 Å². The zero-order valence-electron chi connectivity index (χ0n) is 31.6. The zero-order chi connectivity index (χ0) is 39.0. The molecule has 4 nitrogen and oxygen atoms in total. The lowest BCUT2D eigenvalue weighted by atomic mass is 9.88. The van der Waals surface area contributed by atoms with Gasteiger partial charge in [0.15, 0.2) is 0 Å². The number of fused-ring (bicyclic) bond motifs is 2. The molecule has 0 bridgehead atoms. The lowest BCUT2D eigenvalue weighted by Crippen LogP contribution is -1.98. The van der Waals surface area contributed by atoms with E-state index in [1.54, 1.807) is 0 Å². The van der Waals surface area contributed by atoms with Crippen molar-refractivity contribution >= 4 is 43.1 Å². The van der Waals surface area contributed by atoms with Crippen molar-refractivity contribution in [1.29, 1.82) is 5.26 Å². The number of hydrogen-bond acceptors (Lipinski definition) is 4. The van der Waals surface area contributed by atoms with Crippen LogP contribution in [-0.4, -0.2) is 9.97 Å². The van der Waals surface area contributed by atoms with Crippen LogP contribution in [-0.2, 0) is 0 Å². The molecule has 0 radical (unpaired) electrons. The van der Waals surface area contributed by atoms with E-state index >= 15 is 0 Å². The number of benzene rings is 9. The molecule has 0 spiro atoms. The molecule has 4 heteroatoms. The van der Waals surface area contributed by atoms with Crippen LogP contribution in [0.4, 0.5) is 0 Å². The molecule has 0 N–H and O–H groups in total. The number of nitriles is 1. The Morgan fingerprint density at radius 1 is 0.373 bits per heavy atom. The normalized spacial score (nSPS) is 11.8. The Morgan fingerprint density at radius 3 is 1.47 bits per heavy atom. The molecule has 3 heterocycles. The minimum absolute atomic E-state index is 0.657. The quantitative estimate of drug-likeness (QED) is 0.164. The molecule has 0 amide bonds. The van der Waals surface area contributed by atoms with Gasteiger partial charge in [-0.2, -0.15) is 5.26 Å². The summed E-state index contributed by atoms with van der Waals surface area (Å²) in [5, 5.41) is 19.1. The summed E-state index contributed by atoms with van der Waals surface area (Å²) in [6.07, 6.45) is 3.69. The van der Waals surface area contributed by atoms with Crippen LogP contribution in [0.25, 0.3) is 110 Å². The van der Waals surface area contributed by atoms with Gasteiger partial charge in [-0.3, -0.25) is 9.97 Å². The van der Waals surface area contributed by atoms with E-state index in [9.17, 15) is 5.26 Å². The van der Waals surface area contributed by atoms with Crippen LogP contribution in [0.3, 0.4) is 0 Å². The van der Waals surface area contributed by atoms with E-state index in [1.807, 2.05) is 67.0 Å². The van der Waals surface area contributed by atoms with Crippen LogP contribution in [0, 0.1) is 11.3 Å². The highest BCUT2D eigenvalue weighted by molar-refractivity contribution is 6.24. The van der Waals surface area contributed by atoms with Gasteiger partial charge in [0.05, 0.1) is 23.0 Å². The maximum absolute atomic E-state index is 9.68. The standard InChI is InChI=1S/C55H31N3O/c56-32-40-19-21-48-47-20-18-35(31-52(47)59-51-9-5-6-46(40)55(48)51)33-10-12-34(13-11-33)41-24-36-14-16-38-26-42(27-39-17-15-37(25-41)53(36)54(38)39)43-28-44(49-7-1-3-22-57-49)30-45(29-43)50-8-2-4-23-58-50/h1-31H. The summed E-state index contributed by atoms with van der Waals surface area (Å²) in [6, 6.07) is 64.5. The summed E-state index contributed by atoms with van der Waals surface area (Å²) in [5.74, 6) is 1.61. The van der Waals surface area contributed by atoms with Gasteiger partial charge >= 0.3 is 0 Å². The number of pyridine rings is 2. The first-order valence-corrected chi connectivity index (χ1v) is 19.7. The molecule has 11 aromatic rings. The maximum atomic E-state index is 9.68. The van der Waals surface area contributed by atoms with Crippen LogP contribution in [0.2, 0.25) is 0 Å². The summed E-state index contributed by atoms with van der Waals surface area (Å²) in [7, 11) is 0. The smallest absolute Gasteiger partial charge is 0.135 e. The third-order valence-electron chi connectivity index (χ3n) is 11.9. The van der Waals surface area contributed by atoms with Gasteiger partial charge in [-0.05, 0) is 162 Å². The molecule has 0 aliphatic carbocycles. The van der Waals surface area contributed by atoms with Crippen LogP contribution in [0.1, 0.15) is 5.56 Å². The van der Waals surface area contributed by atoms with E-state index < -0.39 is 0 Å². The lowest BCUT2D eigenvalue weighted by Gasteiger charge is -2.22. The minimum atomic E-state index is 0.657. The second kappa shape index (κ2) is 13.0. The Morgan fingerprint density at radius 2 is 0.898 bits per heavy atom. The molecular weight excluding hydrogens is 719 g/mol. The third kappa shape index (κ3) is 5.37. The van der Waals surface area contributed by atoms with E-state index in [4.69, 9.17) is 4.74 Å². The van der Waals surface area contributed by atoms with Gasteiger partial charge in [0.2, 0.25) is 0 Å². The fourth-order valence-corrected chi connectivity index (χ4v) is 9.09. The fraction of sp³-hybridized carbons (Fsp3) is 0. The summed E-state index contributed by atoms with van der Waals surface area (Å²) >= 11 is 0. The molecule has 59 heavy (non-hydrogen) atoms. The molecule has 1 aliphatic heterocycles. The molecule has 0 atom stereocenters. The largest absolute Gasteiger partial charge is 0.456 e. The third-order valence-corrected chi connectivity index (χ3v) is 11.9. The Kier molecular flexibility index (Phi) is 7.26. The Balaban J connectivity index is 0.890. The van der Waals surface area contributed by atoms with Crippen molar-refractivity contribution in [2.24, 2.45) is 0 Å². The van der Waals surface area contributed by atoms with Crippen LogP contribution in [0.15, 0.2) is 188 Å². The van der Waals surface area contributed by atoms with Gasteiger partial charge in [0.1, 0.15) is 11.5 Å². The zero-order valence-corrected chi connectivity index (χ0v) is 31.6. The summed E-state index contributed by atoms with van der Waals surface area (Å²) < 4.78 is 6.46. The van der Waals surface area contributed by atoms with Crippen molar-refractivity contribution in [3.05, 3.63) is 194 Å². The Hall–Kier alpha value is -8.13. The molecule has 0 saturated heterocycles. The number of aromatic nitrogens is 2. The van der Waals surface area contributed by atoms with Crippen molar-refractivity contribution in [3.8, 4) is 84.6 Å². The van der Waals surface area contributed by atoms with Crippen LogP contribution in [0.5, 0.6) is 11.5 Å². The van der Waals surface area contributed by atoms with Crippen molar-refractivity contribution in [1.82, 2.24) is 9.97 Å². The topological polar surface area (TPSA) is 58.8 Å². The SMILES string of the molecule is N#Cc1ccc2c3c(cccc13)Oc1cc(-c3ccc(-c4cc5ccc6cc(-c7cc(-c8ccccn8)cc(-c8ccccn8)c7)cc7ccc(c4)c5c67)cc3)ccc1-2. The van der Waals surface area contributed by atoms with E-state index in [0.717, 1.165) is 78.2 Å². The Bertz CT molecular complexity index is 3390. The van der Waals surface area contributed by atoms with E-state index in [-0.39, 0.29) is 0 Å². The molecule has 272 valence electrons. The average Bonchev–Trinajstić information content (AvgIpc) is 3.31. The molecule has 2 aromatic heterocycles. The molecule has 0 fully saturated rings. The van der Waals surface area contributed by atoms with Gasteiger partial charge in [-0.25, -0.2) is 0 Å². The number of ether oxygens (including phenoxy) is 1. The van der Waals surface area contributed by atoms with Crippen molar-refractivity contribution in [3.63, 3.8) is 0 Å². The van der Waals surface area contributed by atoms with Gasteiger partial charge < -0.3 is 4.74 Å². The molecule has 9 aromatic carbocycles. The fourth-order valence-electron chi connectivity index (χ4n) is 9.09. The maximum Gasteiger partial charge on any atom is 0.135 e. The second-order valence-corrected chi connectivity index (χ2v) is 15.3. The van der Waals surface area contributed by atoms with Crippen LogP contribution < -0.4 is 4.74 Å². The first-order chi connectivity index (χ1) is 29.1. The summed E-state index contributed by atoms with van der Waals surface area (Å²) in [5.41, 5.74) is 13.6. The van der Waals surface area contributed by atoms with E-state index in [2.05, 4.69) is 137 Å². The number of hydrogen-bond donors (Lipinski definition) is 0. The number of rotatable bonds is 5. The van der Waals surface area contributed by atoms with Gasteiger partial charge in [0.25, 0.3) is 0 Å². The lowest BCUT2D eigenvalue weighted by molar-refractivity contribution is 0.487. The Labute approximate surface area is 340 Å². The molecule has 0 saturated carbocycles. The molecule has 1 aliphatic rings. The van der Waals surface area contributed by atoms with Crippen molar-refractivity contribution in [2.75, 3.05) is 0 Å². The average molecular weight is 750 g/mol. The predicted molar refractivity (Wildman–Crippen MR) is 241 cm³/mol. The van der Waals surface area contributed by atoms with E-state index in [1.165, 1.54) is 43.4 Å². The predicted octanol–water partition coefficient (Wildman–Crippen LogP) is 14.5. The van der Waals surface area contributed by atoms with Gasteiger partial charge in [0, 0.05) is 39.9 Å². The molecule has 12 rings (SSSR count). The highest BCUT2D eigenvalue weighted by Gasteiger charge is 2.22. The van der Waals surface area contributed by atoms with Crippen molar-refractivity contribution in [2.45, 2.75) is 0 Å². The first kappa shape index (κ1) is 33.1. The molecular formula is C55H31N3O. The first-order valence-electron chi connectivity index (χ1n) is 19.7. The summed E-state index contributed by atoms with van der Waals surface area (Å²) in [6.45, 7) is 0. The highest BCUT2D eigenvalue weighted by atomic mass is 16.5. The second-order valence-electron chi connectivity index (χ2n) is 15.3. The van der Waals surface area contributed by atoms with Gasteiger partial charge in [-0.1, -0.05) is 84.9 Å². The van der Waals surface area contributed by atoms with Gasteiger partial charge in [-0.15, -0.1) is 0 Å². The van der Waals surface area contributed by atoms with E-state index in [0.29, 0.717) is 5.56 Å². The minimum Gasteiger partial charge on any atom is -0.456 e.